The Morgan fingerprint density at radius 1 is 1.33 bits per heavy atom. The van der Waals surface area contributed by atoms with E-state index in [0.717, 1.165) is 31.4 Å². The minimum atomic E-state index is -0.703. The summed E-state index contributed by atoms with van der Waals surface area (Å²) < 4.78 is 11.5. The SMILES string of the molecule is Cc1ccc(C(=O)NC2CCCCC23OCCO3)c(=O)[nH]1. The van der Waals surface area contributed by atoms with Gasteiger partial charge < -0.3 is 19.8 Å². The van der Waals surface area contributed by atoms with Crippen LogP contribution in [0, 0.1) is 6.92 Å². The third kappa shape index (κ3) is 2.73. The van der Waals surface area contributed by atoms with Gasteiger partial charge in [-0.3, -0.25) is 9.59 Å². The number of carbonyl (C=O) groups is 1. The Hall–Kier alpha value is -1.66. The second kappa shape index (κ2) is 5.61. The Labute approximate surface area is 122 Å². The van der Waals surface area contributed by atoms with Crippen molar-refractivity contribution in [1.82, 2.24) is 10.3 Å². The maximum atomic E-state index is 12.3. The van der Waals surface area contributed by atoms with E-state index in [2.05, 4.69) is 10.3 Å². The van der Waals surface area contributed by atoms with Crippen LogP contribution in [0.2, 0.25) is 0 Å². The molecule has 0 radical (unpaired) electrons. The van der Waals surface area contributed by atoms with Crippen LogP contribution in [0.5, 0.6) is 0 Å². The summed E-state index contributed by atoms with van der Waals surface area (Å²) in [6.45, 7) is 2.88. The summed E-state index contributed by atoms with van der Waals surface area (Å²) in [6.07, 6.45) is 3.62. The van der Waals surface area contributed by atoms with Gasteiger partial charge in [-0.15, -0.1) is 0 Å². The first-order valence-corrected chi connectivity index (χ1v) is 7.39. The van der Waals surface area contributed by atoms with Crippen molar-refractivity contribution in [2.75, 3.05) is 13.2 Å². The molecule has 3 rings (SSSR count). The van der Waals surface area contributed by atoms with Crippen LogP contribution in [0.3, 0.4) is 0 Å². The molecule has 0 aromatic carbocycles. The van der Waals surface area contributed by atoms with Gasteiger partial charge in [-0.1, -0.05) is 6.42 Å². The molecule has 1 saturated heterocycles. The van der Waals surface area contributed by atoms with Gasteiger partial charge in [-0.2, -0.15) is 0 Å². The van der Waals surface area contributed by atoms with Gasteiger partial charge in [0.15, 0.2) is 5.79 Å². The number of hydrogen-bond donors (Lipinski definition) is 2. The lowest BCUT2D eigenvalue weighted by molar-refractivity contribution is -0.192. The van der Waals surface area contributed by atoms with E-state index in [1.165, 1.54) is 0 Å². The van der Waals surface area contributed by atoms with E-state index in [0.29, 0.717) is 13.2 Å². The standard InChI is InChI=1S/C15H20N2O4/c1-10-5-6-11(13(18)16-10)14(19)17-12-4-2-3-7-15(12)20-8-9-21-15/h5-6,12H,2-4,7-9H2,1H3,(H,16,18)(H,17,19). The van der Waals surface area contributed by atoms with E-state index in [4.69, 9.17) is 9.47 Å². The van der Waals surface area contributed by atoms with E-state index in [-0.39, 0.29) is 23.1 Å². The summed E-state index contributed by atoms with van der Waals surface area (Å²) >= 11 is 0. The highest BCUT2D eigenvalue weighted by molar-refractivity contribution is 5.94. The lowest BCUT2D eigenvalue weighted by Crippen LogP contribution is -2.55. The van der Waals surface area contributed by atoms with Crippen molar-refractivity contribution in [3.05, 3.63) is 33.7 Å². The van der Waals surface area contributed by atoms with Gasteiger partial charge >= 0.3 is 0 Å². The van der Waals surface area contributed by atoms with Crippen LogP contribution in [0.1, 0.15) is 41.7 Å². The van der Waals surface area contributed by atoms with Crippen LogP contribution in [0.4, 0.5) is 0 Å². The number of hydrogen-bond acceptors (Lipinski definition) is 4. The van der Waals surface area contributed by atoms with Crippen molar-refractivity contribution in [3.8, 4) is 0 Å². The average Bonchev–Trinajstić information content (AvgIpc) is 2.90. The van der Waals surface area contributed by atoms with E-state index in [9.17, 15) is 9.59 Å². The highest BCUT2D eigenvalue weighted by atomic mass is 16.7. The highest BCUT2D eigenvalue weighted by Gasteiger charge is 2.46. The van der Waals surface area contributed by atoms with E-state index in [1.807, 2.05) is 0 Å². The van der Waals surface area contributed by atoms with Crippen molar-refractivity contribution < 1.29 is 14.3 Å². The number of aryl methyl sites for hydroxylation is 1. The monoisotopic (exact) mass is 292 g/mol. The number of nitrogens with one attached hydrogen (secondary N) is 2. The molecule has 1 aromatic rings. The summed E-state index contributed by atoms with van der Waals surface area (Å²) in [5, 5.41) is 2.92. The van der Waals surface area contributed by atoms with Gasteiger partial charge in [-0.25, -0.2) is 0 Å². The molecule has 1 atom stereocenters. The third-order valence-electron chi connectivity index (χ3n) is 4.18. The first-order valence-electron chi connectivity index (χ1n) is 7.39. The van der Waals surface area contributed by atoms with Gasteiger partial charge in [0.1, 0.15) is 5.56 Å². The highest BCUT2D eigenvalue weighted by Crippen LogP contribution is 2.36. The zero-order valence-corrected chi connectivity index (χ0v) is 12.1. The first kappa shape index (κ1) is 14.3. The molecule has 21 heavy (non-hydrogen) atoms. The molecule has 2 aliphatic rings. The molecule has 1 saturated carbocycles. The zero-order valence-electron chi connectivity index (χ0n) is 12.1. The van der Waals surface area contributed by atoms with Crippen LogP contribution >= 0.6 is 0 Å². The molecular weight excluding hydrogens is 272 g/mol. The lowest BCUT2D eigenvalue weighted by atomic mass is 9.88. The molecule has 1 aliphatic carbocycles. The smallest absolute Gasteiger partial charge is 0.260 e. The number of aromatic nitrogens is 1. The van der Waals surface area contributed by atoms with Crippen molar-refractivity contribution in [3.63, 3.8) is 0 Å². The maximum absolute atomic E-state index is 12.3. The minimum absolute atomic E-state index is 0.124. The molecule has 0 bridgehead atoms. The average molecular weight is 292 g/mol. The number of aromatic amines is 1. The Balaban J connectivity index is 1.78. The van der Waals surface area contributed by atoms with Gasteiger partial charge in [0.25, 0.3) is 11.5 Å². The molecule has 114 valence electrons. The van der Waals surface area contributed by atoms with Crippen LogP contribution < -0.4 is 10.9 Å². The van der Waals surface area contributed by atoms with Crippen LogP contribution in [0.25, 0.3) is 0 Å². The fourth-order valence-corrected chi connectivity index (χ4v) is 3.10. The molecule has 1 amide bonds. The molecule has 1 aliphatic heterocycles. The molecular formula is C15H20N2O4. The summed E-state index contributed by atoms with van der Waals surface area (Å²) in [6, 6.07) is 3.06. The van der Waals surface area contributed by atoms with Crippen molar-refractivity contribution in [1.29, 1.82) is 0 Å². The van der Waals surface area contributed by atoms with Crippen LogP contribution in [-0.4, -0.2) is 35.9 Å². The van der Waals surface area contributed by atoms with Crippen molar-refractivity contribution in [2.24, 2.45) is 0 Å². The summed E-state index contributed by atoms with van der Waals surface area (Å²) in [5.74, 6) is -1.08. The Kier molecular flexibility index (Phi) is 3.82. The zero-order chi connectivity index (χ0) is 14.9. The molecule has 2 heterocycles. The van der Waals surface area contributed by atoms with E-state index < -0.39 is 5.79 Å². The number of amides is 1. The Morgan fingerprint density at radius 2 is 2.10 bits per heavy atom. The fraction of sp³-hybridized carbons (Fsp3) is 0.600. The Morgan fingerprint density at radius 3 is 2.81 bits per heavy atom. The van der Waals surface area contributed by atoms with Gasteiger partial charge in [0.2, 0.25) is 0 Å². The van der Waals surface area contributed by atoms with Crippen molar-refractivity contribution >= 4 is 5.91 Å². The van der Waals surface area contributed by atoms with Crippen LogP contribution in [0.15, 0.2) is 16.9 Å². The number of ether oxygens (including phenoxy) is 2. The quantitative estimate of drug-likeness (QED) is 0.855. The minimum Gasteiger partial charge on any atom is -0.346 e. The third-order valence-corrected chi connectivity index (χ3v) is 4.18. The normalized spacial score (nSPS) is 24.1. The molecule has 2 fully saturated rings. The van der Waals surface area contributed by atoms with Gasteiger partial charge in [-0.05, 0) is 31.9 Å². The molecule has 2 N–H and O–H groups in total. The van der Waals surface area contributed by atoms with Gasteiger partial charge in [0.05, 0.1) is 19.3 Å². The summed E-state index contributed by atoms with van der Waals surface area (Å²) in [5.41, 5.74) is 0.484. The van der Waals surface area contributed by atoms with Crippen LogP contribution in [-0.2, 0) is 9.47 Å². The second-order valence-corrected chi connectivity index (χ2v) is 5.66. The molecule has 6 heteroatoms. The first-order chi connectivity index (χ1) is 10.1. The molecule has 1 spiro atoms. The van der Waals surface area contributed by atoms with E-state index >= 15 is 0 Å². The summed E-state index contributed by atoms with van der Waals surface area (Å²) in [7, 11) is 0. The number of H-pyrrole nitrogens is 1. The number of pyridine rings is 1. The Bertz CT molecular complexity index is 590. The molecule has 6 nitrogen and oxygen atoms in total. The van der Waals surface area contributed by atoms with Gasteiger partial charge in [0, 0.05) is 12.1 Å². The number of rotatable bonds is 2. The lowest BCUT2D eigenvalue weighted by Gasteiger charge is -2.39. The molecule has 1 aromatic heterocycles. The predicted octanol–water partition coefficient (Wildman–Crippen LogP) is 1.10. The fourth-order valence-electron chi connectivity index (χ4n) is 3.10. The largest absolute Gasteiger partial charge is 0.346 e. The topological polar surface area (TPSA) is 80.4 Å². The van der Waals surface area contributed by atoms with Crippen molar-refractivity contribution in [2.45, 2.75) is 44.4 Å². The predicted molar refractivity (Wildman–Crippen MR) is 76.2 cm³/mol. The second-order valence-electron chi connectivity index (χ2n) is 5.66. The molecule has 1 unspecified atom stereocenters. The van der Waals surface area contributed by atoms with E-state index in [1.54, 1.807) is 19.1 Å². The number of carbonyl (C=O) groups excluding carboxylic acids is 1. The summed E-state index contributed by atoms with van der Waals surface area (Å²) in [4.78, 5) is 26.8. The maximum Gasteiger partial charge on any atom is 0.260 e.